The summed E-state index contributed by atoms with van der Waals surface area (Å²) in [5, 5.41) is 6.14. The van der Waals surface area contributed by atoms with Crippen LogP contribution in [0.4, 0.5) is 10.5 Å². The minimum Gasteiger partial charge on any atom is -0.334 e. The highest BCUT2D eigenvalue weighted by Crippen LogP contribution is 2.24. The average molecular weight is 457 g/mol. The molecule has 2 amide bonds. The number of anilines is 1. The summed E-state index contributed by atoms with van der Waals surface area (Å²) in [7, 11) is 0. The normalized spacial score (nSPS) is 11.0. The lowest BCUT2D eigenvalue weighted by atomic mass is 9.97. The Hall–Kier alpha value is -3.07. The summed E-state index contributed by atoms with van der Waals surface area (Å²) in [6, 6.07) is 19.3. The molecule has 3 nitrogen and oxygen atoms in total. The molecule has 0 saturated heterocycles. The predicted octanol–water partition coefficient (Wildman–Crippen LogP) is 7.81. The molecule has 0 unspecified atom stereocenters. The lowest BCUT2D eigenvalue weighted by Gasteiger charge is -2.16. The number of urea groups is 1. The maximum Gasteiger partial charge on any atom is 0.319 e. The van der Waals surface area contributed by atoms with Crippen LogP contribution in [0.2, 0.25) is 0 Å². The molecule has 0 heterocycles. The number of hydrogen-bond acceptors (Lipinski definition) is 1. The van der Waals surface area contributed by atoms with Crippen LogP contribution >= 0.6 is 0 Å². The molecule has 0 radical (unpaired) electrons. The number of rotatable bonds is 9. The molecule has 180 valence electrons. The second-order valence-electron chi connectivity index (χ2n) is 10.1. The Morgan fingerprint density at radius 3 is 2.29 bits per heavy atom. The molecule has 0 aromatic heterocycles. The van der Waals surface area contributed by atoms with Crippen LogP contribution < -0.4 is 10.6 Å². The molecule has 0 fully saturated rings. The van der Waals surface area contributed by atoms with Crippen molar-refractivity contribution in [1.29, 1.82) is 0 Å². The van der Waals surface area contributed by atoms with E-state index in [1.54, 1.807) is 0 Å². The molecule has 3 aromatic rings. The van der Waals surface area contributed by atoms with E-state index in [2.05, 4.69) is 107 Å². The molecule has 0 aliphatic heterocycles. The van der Waals surface area contributed by atoms with E-state index in [0.717, 1.165) is 30.5 Å². The first-order valence-electron chi connectivity index (χ1n) is 12.5. The van der Waals surface area contributed by atoms with Crippen molar-refractivity contribution in [3.8, 4) is 0 Å². The fourth-order valence-corrected chi connectivity index (χ4v) is 4.36. The summed E-state index contributed by atoms with van der Waals surface area (Å²) in [6.45, 7) is 13.5. The molecule has 0 bridgehead atoms. The predicted molar refractivity (Wildman–Crippen MR) is 145 cm³/mol. The highest BCUT2D eigenvalue weighted by Gasteiger charge is 2.10. The molecule has 0 atom stereocenters. The van der Waals surface area contributed by atoms with Crippen LogP contribution in [-0.2, 0) is 19.4 Å². The van der Waals surface area contributed by atoms with Crippen LogP contribution in [0, 0.1) is 33.6 Å². The zero-order valence-electron chi connectivity index (χ0n) is 21.7. The van der Waals surface area contributed by atoms with Gasteiger partial charge in [0.05, 0.1) is 0 Å². The van der Waals surface area contributed by atoms with E-state index in [1.165, 1.54) is 45.4 Å². The van der Waals surface area contributed by atoms with Gasteiger partial charge in [-0.15, -0.1) is 0 Å². The number of hydrogen-bond donors (Lipinski definition) is 2. The Morgan fingerprint density at radius 1 is 0.824 bits per heavy atom. The zero-order chi connectivity index (χ0) is 24.7. The highest BCUT2D eigenvalue weighted by atomic mass is 16.2. The van der Waals surface area contributed by atoms with Crippen molar-refractivity contribution in [2.45, 2.75) is 73.8 Å². The van der Waals surface area contributed by atoms with Gasteiger partial charge in [-0.05, 0) is 97.9 Å². The number of aryl methyl sites for hydroxylation is 5. The van der Waals surface area contributed by atoms with E-state index in [9.17, 15) is 4.79 Å². The summed E-state index contributed by atoms with van der Waals surface area (Å²) in [5.74, 6) is 0.693. The smallest absolute Gasteiger partial charge is 0.319 e. The van der Waals surface area contributed by atoms with Gasteiger partial charge in [0.2, 0.25) is 0 Å². The number of benzene rings is 3. The van der Waals surface area contributed by atoms with Crippen LogP contribution in [0.3, 0.4) is 0 Å². The van der Waals surface area contributed by atoms with E-state index in [1.807, 2.05) is 0 Å². The van der Waals surface area contributed by atoms with Crippen molar-refractivity contribution in [3.05, 3.63) is 99.1 Å². The second-order valence-corrected chi connectivity index (χ2v) is 10.1. The van der Waals surface area contributed by atoms with Crippen LogP contribution in [-0.4, -0.2) is 6.03 Å². The summed E-state index contributed by atoms with van der Waals surface area (Å²) >= 11 is 0. The molecule has 0 spiro atoms. The number of carbonyl (C=O) groups excluding carboxylic acids is 1. The summed E-state index contributed by atoms with van der Waals surface area (Å²) in [6.07, 6.45) is 4.23. The van der Waals surface area contributed by atoms with Crippen molar-refractivity contribution in [2.75, 3.05) is 5.32 Å². The molecule has 3 aromatic carbocycles. The zero-order valence-corrected chi connectivity index (χ0v) is 21.7. The molecular weight excluding hydrogens is 416 g/mol. The van der Waals surface area contributed by atoms with Gasteiger partial charge in [0.1, 0.15) is 0 Å². The highest BCUT2D eigenvalue weighted by molar-refractivity contribution is 5.90. The number of amides is 2. The van der Waals surface area contributed by atoms with Gasteiger partial charge in [0, 0.05) is 12.2 Å². The molecule has 3 heteroatoms. The fraction of sp³-hybridized carbons (Fsp3) is 0.387. The molecule has 0 saturated carbocycles. The monoisotopic (exact) mass is 456 g/mol. The SMILES string of the molecule is Cc1cccc(Cc2ccc(CNC(=O)Nc3cc(C)c(C)cc3CCCC(C)C)cc2C)c1. The Morgan fingerprint density at radius 2 is 1.59 bits per heavy atom. The maximum absolute atomic E-state index is 12.7. The number of nitrogens with one attached hydrogen (secondary N) is 2. The van der Waals surface area contributed by atoms with Crippen LogP contribution in [0.5, 0.6) is 0 Å². The molecular formula is C31H40N2O. The van der Waals surface area contributed by atoms with Gasteiger partial charge in [-0.1, -0.05) is 74.4 Å². The van der Waals surface area contributed by atoms with Gasteiger partial charge in [-0.25, -0.2) is 4.79 Å². The van der Waals surface area contributed by atoms with Crippen molar-refractivity contribution in [1.82, 2.24) is 5.32 Å². The third-order valence-electron chi connectivity index (χ3n) is 6.53. The molecule has 3 rings (SSSR count). The maximum atomic E-state index is 12.7. The van der Waals surface area contributed by atoms with Gasteiger partial charge in [0.25, 0.3) is 0 Å². The summed E-state index contributed by atoms with van der Waals surface area (Å²) in [5.41, 5.74) is 10.9. The van der Waals surface area contributed by atoms with Crippen LogP contribution in [0.15, 0.2) is 54.6 Å². The van der Waals surface area contributed by atoms with E-state index in [-0.39, 0.29) is 6.03 Å². The van der Waals surface area contributed by atoms with Gasteiger partial charge >= 0.3 is 6.03 Å². The Kier molecular flexibility index (Phi) is 8.92. The van der Waals surface area contributed by atoms with E-state index >= 15 is 0 Å². The lowest BCUT2D eigenvalue weighted by molar-refractivity contribution is 0.251. The van der Waals surface area contributed by atoms with Gasteiger partial charge < -0.3 is 10.6 Å². The Balaban J connectivity index is 1.60. The fourth-order valence-electron chi connectivity index (χ4n) is 4.36. The molecule has 34 heavy (non-hydrogen) atoms. The molecule has 0 aliphatic carbocycles. The second kappa shape index (κ2) is 11.9. The van der Waals surface area contributed by atoms with Gasteiger partial charge in [-0.3, -0.25) is 0 Å². The van der Waals surface area contributed by atoms with Gasteiger partial charge in [0.15, 0.2) is 0 Å². The van der Waals surface area contributed by atoms with Crippen molar-refractivity contribution >= 4 is 11.7 Å². The standard InChI is InChI=1S/C31H40N2O/c1-21(2)9-7-12-29-17-23(4)24(5)18-30(29)33-31(34)32-20-27-13-14-28(25(6)16-27)19-26-11-8-10-22(3)15-26/h8,10-11,13-18,21H,7,9,12,19-20H2,1-6H3,(H2,32,33,34). The number of carbonyl (C=O) groups is 1. The Bertz CT molecular complexity index is 1130. The first-order chi connectivity index (χ1) is 16.2. The molecule has 0 aliphatic rings. The van der Waals surface area contributed by atoms with Crippen LogP contribution in [0.1, 0.15) is 71.2 Å². The minimum absolute atomic E-state index is 0.158. The third kappa shape index (κ3) is 7.48. The van der Waals surface area contributed by atoms with Crippen molar-refractivity contribution < 1.29 is 4.79 Å². The van der Waals surface area contributed by atoms with E-state index < -0.39 is 0 Å². The van der Waals surface area contributed by atoms with Crippen LogP contribution in [0.25, 0.3) is 0 Å². The average Bonchev–Trinajstić information content (AvgIpc) is 2.77. The van der Waals surface area contributed by atoms with E-state index in [0.29, 0.717) is 12.5 Å². The third-order valence-corrected chi connectivity index (χ3v) is 6.53. The first kappa shape index (κ1) is 25.6. The van der Waals surface area contributed by atoms with Crippen molar-refractivity contribution in [2.24, 2.45) is 5.92 Å². The van der Waals surface area contributed by atoms with Gasteiger partial charge in [-0.2, -0.15) is 0 Å². The summed E-state index contributed by atoms with van der Waals surface area (Å²) < 4.78 is 0. The largest absolute Gasteiger partial charge is 0.334 e. The quantitative estimate of drug-likeness (QED) is 0.339. The van der Waals surface area contributed by atoms with Crippen molar-refractivity contribution in [3.63, 3.8) is 0 Å². The summed E-state index contributed by atoms with van der Waals surface area (Å²) in [4.78, 5) is 12.7. The molecule has 2 N–H and O–H groups in total. The first-order valence-corrected chi connectivity index (χ1v) is 12.5. The lowest BCUT2D eigenvalue weighted by Crippen LogP contribution is -2.28. The van der Waals surface area contributed by atoms with E-state index in [4.69, 9.17) is 0 Å². The topological polar surface area (TPSA) is 41.1 Å². The minimum atomic E-state index is -0.158. The Labute approximate surface area is 206 Å².